The maximum absolute atomic E-state index is 6.30. The summed E-state index contributed by atoms with van der Waals surface area (Å²) in [6.07, 6.45) is 3.63. The highest BCUT2D eigenvalue weighted by Gasteiger charge is 2.55. The third-order valence-corrected chi connectivity index (χ3v) is 15.0. The van der Waals surface area contributed by atoms with Gasteiger partial charge in [-0.15, -0.1) is 11.3 Å². The molecule has 6 heterocycles. The van der Waals surface area contributed by atoms with Gasteiger partial charge in [0, 0.05) is 69.9 Å². The summed E-state index contributed by atoms with van der Waals surface area (Å²) < 4.78 is 20.0. The van der Waals surface area contributed by atoms with Crippen molar-refractivity contribution in [1.29, 1.82) is 0 Å². The Hall–Kier alpha value is -8.06. The van der Waals surface area contributed by atoms with Crippen LogP contribution in [0.2, 0.25) is 0 Å². The minimum atomic E-state index is -0.673. The van der Waals surface area contributed by atoms with Crippen LogP contribution in [0.1, 0.15) is 22.3 Å². The molecule has 0 atom stereocenters. The van der Waals surface area contributed by atoms with Gasteiger partial charge in [-0.2, -0.15) is 0 Å². The van der Waals surface area contributed by atoms with Crippen molar-refractivity contribution in [3.63, 3.8) is 0 Å². The van der Waals surface area contributed by atoms with Crippen LogP contribution in [-0.2, 0) is 5.41 Å². The summed E-state index contributed by atoms with van der Waals surface area (Å²) in [6, 6.07) is 69.2. The molecule has 0 saturated carbocycles. The fraction of sp³-hybridized carbons (Fsp3) is 0.0175. The third kappa shape index (κ3) is 4.21. The highest BCUT2D eigenvalue weighted by molar-refractivity contribution is 7.25. The number of aromatic nitrogens is 2. The number of fused-ring (bicyclic) bond motifs is 18. The van der Waals surface area contributed by atoms with E-state index in [0.717, 1.165) is 56.6 Å². The van der Waals surface area contributed by atoms with Gasteiger partial charge in [0.05, 0.1) is 51.4 Å². The van der Waals surface area contributed by atoms with Gasteiger partial charge in [-0.25, -0.2) is 0 Å². The average Bonchev–Trinajstić information content (AvgIpc) is 4.20. The molecule has 0 unspecified atom stereocenters. The van der Waals surface area contributed by atoms with Crippen molar-refractivity contribution >= 4 is 92.2 Å². The molecule has 63 heavy (non-hydrogen) atoms. The Morgan fingerprint density at radius 3 is 1.56 bits per heavy atom. The van der Waals surface area contributed by atoms with Crippen LogP contribution >= 0.6 is 11.3 Å². The molecule has 1 aliphatic heterocycles. The molecular weight excluding hydrogens is 791 g/mol. The first kappa shape index (κ1) is 33.6. The summed E-state index contributed by atoms with van der Waals surface area (Å²) in [5.41, 5.74) is 14.3. The second-order valence-electron chi connectivity index (χ2n) is 16.8. The average molecular weight is 824 g/mol. The van der Waals surface area contributed by atoms with Gasteiger partial charge < -0.3 is 22.9 Å². The second kappa shape index (κ2) is 12.1. The van der Waals surface area contributed by atoms with Gasteiger partial charge in [0.2, 0.25) is 0 Å². The first-order chi connectivity index (χ1) is 31.3. The Bertz CT molecular complexity index is 3970. The second-order valence-corrected chi connectivity index (χ2v) is 17.9. The van der Waals surface area contributed by atoms with Crippen LogP contribution < -0.4 is 4.90 Å². The minimum absolute atomic E-state index is 0.673. The van der Waals surface area contributed by atoms with Crippen molar-refractivity contribution in [3.8, 4) is 22.9 Å². The van der Waals surface area contributed by atoms with Gasteiger partial charge in [0.1, 0.15) is 0 Å². The van der Waals surface area contributed by atoms with Gasteiger partial charge in [-0.05, 0) is 108 Å². The molecule has 0 saturated heterocycles. The Morgan fingerprint density at radius 1 is 0.349 bits per heavy atom. The number of rotatable bonds is 3. The number of anilines is 3. The van der Waals surface area contributed by atoms with Crippen molar-refractivity contribution < 1.29 is 8.83 Å². The topological polar surface area (TPSA) is 39.4 Å². The van der Waals surface area contributed by atoms with Gasteiger partial charge >= 0.3 is 0 Å². The summed E-state index contributed by atoms with van der Waals surface area (Å²) in [5.74, 6) is 1.59. The SMILES string of the molecule is c1ccc(-n2c3ccccc3c3cc4c(cc32)N(c2ccc3sc5ccc(-n6c7ccccc7c7ccccc76)cc5c3c2)c2ccccc2C42c3ccoc3-c3occc32)cc1. The Balaban J connectivity index is 1.03. The lowest BCUT2D eigenvalue weighted by molar-refractivity contribution is 0.525. The van der Waals surface area contributed by atoms with E-state index in [1.54, 1.807) is 0 Å². The zero-order valence-electron chi connectivity index (χ0n) is 33.6. The first-order valence-electron chi connectivity index (χ1n) is 21.4. The molecule has 2 aliphatic rings. The van der Waals surface area contributed by atoms with Crippen LogP contribution in [0.15, 0.2) is 209 Å². The first-order valence-corrected chi connectivity index (χ1v) is 22.2. The monoisotopic (exact) mass is 823 g/mol. The number of hydrogen-bond donors (Lipinski definition) is 0. The van der Waals surface area contributed by atoms with Crippen molar-refractivity contribution in [2.75, 3.05) is 4.90 Å². The zero-order chi connectivity index (χ0) is 41.0. The lowest BCUT2D eigenvalue weighted by Crippen LogP contribution is -2.35. The number of benzene rings is 8. The number of furan rings is 2. The zero-order valence-corrected chi connectivity index (χ0v) is 34.4. The number of thiophene rings is 1. The number of hydrogen-bond acceptors (Lipinski definition) is 4. The third-order valence-electron chi connectivity index (χ3n) is 13.9. The van der Waals surface area contributed by atoms with Crippen molar-refractivity contribution in [2.24, 2.45) is 0 Å². The molecule has 294 valence electrons. The van der Waals surface area contributed by atoms with E-state index in [-0.39, 0.29) is 0 Å². The molecule has 0 amide bonds. The molecule has 5 nitrogen and oxygen atoms in total. The molecule has 6 heteroatoms. The maximum Gasteiger partial charge on any atom is 0.174 e. The molecule has 0 bridgehead atoms. The largest absolute Gasteiger partial charge is 0.461 e. The normalized spacial score (nSPS) is 13.8. The van der Waals surface area contributed by atoms with E-state index >= 15 is 0 Å². The lowest BCUT2D eigenvalue weighted by Gasteiger charge is -2.44. The van der Waals surface area contributed by atoms with Crippen LogP contribution in [-0.4, -0.2) is 9.13 Å². The minimum Gasteiger partial charge on any atom is -0.461 e. The smallest absolute Gasteiger partial charge is 0.174 e. The van der Waals surface area contributed by atoms with E-state index in [1.807, 2.05) is 23.9 Å². The fourth-order valence-electron chi connectivity index (χ4n) is 11.4. The predicted octanol–water partition coefficient (Wildman–Crippen LogP) is 15.6. The number of nitrogens with zero attached hydrogens (tertiary/aromatic N) is 3. The lowest BCUT2D eigenvalue weighted by atomic mass is 9.65. The van der Waals surface area contributed by atoms with Crippen LogP contribution in [0.25, 0.3) is 86.7 Å². The fourth-order valence-corrected chi connectivity index (χ4v) is 12.5. The molecule has 1 aliphatic carbocycles. The quantitative estimate of drug-likeness (QED) is 0.178. The van der Waals surface area contributed by atoms with Gasteiger partial charge in [-0.3, -0.25) is 0 Å². The van der Waals surface area contributed by atoms with Crippen molar-refractivity contribution in [3.05, 3.63) is 223 Å². The molecule has 0 N–H and O–H groups in total. The van der Waals surface area contributed by atoms with E-state index in [9.17, 15) is 0 Å². The summed E-state index contributed by atoms with van der Waals surface area (Å²) in [7, 11) is 0. The van der Waals surface area contributed by atoms with Gasteiger partial charge in [0.25, 0.3) is 0 Å². The highest BCUT2D eigenvalue weighted by atomic mass is 32.1. The van der Waals surface area contributed by atoms with Crippen LogP contribution in [0.5, 0.6) is 0 Å². The Morgan fingerprint density at radius 2 is 0.889 bits per heavy atom. The summed E-state index contributed by atoms with van der Waals surface area (Å²) >= 11 is 1.86. The van der Waals surface area contributed by atoms with Gasteiger partial charge in [-0.1, -0.05) is 91.0 Å². The number of para-hydroxylation sites is 5. The standard InChI is InChI=1S/C57H33N3O2S/c1-2-12-34(13-3-1)58-49-20-10-6-16-39(49)40-32-46-52(33-51(40)58)60(50-21-11-7-17-43(50)57(46)44-26-28-61-55(44)56-45(57)27-29-62-56)36-23-25-54-42(31-36)41-30-35(22-24-53(41)63-54)59-47-18-8-4-14-37(47)38-15-5-9-19-48(38)59/h1-33H. The molecule has 8 aromatic carbocycles. The van der Waals surface area contributed by atoms with Crippen LogP contribution in [0, 0.1) is 0 Å². The van der Waals surface area contributed by atoms with Crippen LogP contribution in [0.4, 0.5) is 17.1 Å². The molecule has 0 radical (unpaired) electrons. The molecule has 5 aromatic heterocycles. The summed E-state index contributed by atoms with van der Waals surface area (Å²) in [5, 5.41) is 7.43. The van der Waals surface area contributed by atoms with E-state index in [0.29, 0.717) is 0 Å². The van der Waals surface area contributed by atoms with Crippen molar-refractivity contribution in [1.82, 2.24) is 9.13 Å². The summed E-state index contributed by atoms with van der Waals surface area (Å²) in [6.45, 7) is 0. The van der Waals surface area contributed by atoms with E-state index in [4.69, 9.17) is 8.83 Å². The van der Waals surface area contributed by atoms with Gasteiger partial charge in [0.15, 0.2) is 11.5 Å². The van der Waals surface area contributed by atoms with Crippen molar-refractivity contribution in [2.45, 2.75) is 5.41 Å². The Labute approximate surface area is 364 Å². The molecule has 15 rings (SSSR count). The van der Waals surface area contributed by atoms with E-state index in [2.05, 4.69) is 202 Å². The molecule has 13 aromatic rings. The van der Waals surface area contributed by atoms with E-state index in [1.165, 1.54) is 69.4 Å². The highest BCUT2D eigenvalue weighted by Crippen LogP contribution is 2.64. The van der Waals surface area contributed by atoms with E-state index < -0.39 is 5.41 Å². The van der Waals surface area contributed by atoms with Crippen LogP contribution in [0.3, 0.4) is 0 Å². The molecule has 0 fully saturated rings. The molecule has 1 spiro atoms. The maximum atomic E-state index is 6.30. The summed E-state index contributed by atoms with van der Waals surface area (Å²) in [4.78, 5) is 2.50. The Kier molecular flexibility index (Phi) is 6.44. The molecular formula is C57H33N3O2S. The predicted molar refractivity (Wildman–Crippen MR) is 258 cm³/mol.